The van der Waals surface area contributed by atoms with E-state index in [1.54, 1.807) is 17.1 Å². The minimum absolute atomic E-state index is 0.126. The lowest BCUT2D eigenvalue weighted by atomic mass is 10.1. The number of amides is 1. The zero-order chi connectivity index (χ0) is 20.3. The second kappa shape index (κ2) is 7.94. The van der Waals surface area contributed by atoms with Crippen molar-refractivity contribution in [3.8, 4) is 33.9 Å². The zero-order valence-corrected chi connectivity index (χ0v) is 16.5. The van der Waals surface area contributed by atoms with Crippen molar-refractivity contribution in [1.82, 2.24) is 29.6 Å². The van der Waals surface area contributed by atoms with E-state index in [4.69, 9.17) is 0 Å². The number of carbonyl (C=O) groups is 1. The summed E-state index contributed by atoms with van der Waals surface area (Å²) in [4.78, 5) is 26.6. The molecule has 1 aromatic carbocycles. The summed E-state index contributed by atoms with van der Waals surface area (Å²) in [5.41, 5.74) is 4.72. The number of hydrogen-bond donors (Lipinski definition) is 1. The highest BCUT2D eigenvalue weighted by Gasteiger charge is 2.18. The van der Waals surface area contributed by atoms with Crippen LogP contribution in [0.5, 0.6) is 0 Å². The third kappa shape index (κ3) is 3.74. The van der Waals surface area contributed by atoms with E-state index < -0.39 is 0 Å². The van der Waals surface area contributed by atoms with Crippen LogP contribution < -0.4 is 0 Å². The Kier molecular flexibility index (Phi) is 4.85. The van der Waals surface area contributed by atoms with Gasteiger partial charge < -0.3 is 9.88 Å². The Labute approximate surface area is 174 Å². The molecule has 4 aromatic rings. The molecule has 0 unspecified atom stereocenters. The number of imidazole rings is 1. The average molecular weight is 398 g/mol. The van der Waals surface area contributed by atoms with Crippen molar-refractivity contribution in [2.75, 3.05) is 13.1 Å². The summed E-state index contributed by atoms with van der Waals surface area (Å²) in [6.45, 7) is 1.99. The summed E-state index contributed by atoms with van der Waals surface area (Å²) in [6.07, 6.45) is 9.46. The maximum absolute atomic E-state index is 12.4. The lowest BCUT2D eigenvalue weighted by Crippen LogP contribution is -2.31. The maximum Gasteiger partial charge on any atom is 0.244 e. The highest BCUT2D eigenvalue weighted by molar-refractivity contribution is 5.76. The second-order valence-corrected chi connectivity index (χ2v) is 7.46. The van der Waals surface area contributed by atoms with Crippen molar-refractivity contribution < 1.29 is 4.79 Å². The van der Waals surface area contributed by atoms with Crippen LogP contribution >= 0.6 is 0 Å². The van der Waals surface area contributed by atoms with Crippen LogP contribution in [0.2, 0.25) is 0 Å². The lowest BCUT2D eigenvalue weighted by Gasteiger charge is -2.14. The van der Waals surface area contributed by atoms with Crippen LogP contribution in [-0.2, 0) is 11.3 Å². The van der Waals surface area contributed by atoms with Crippen LogP contribution in [0.15, 0.2) is 67.3 Å². The van der Waals surface area contributed by atoms with Crippen LogP contribution in [-0.4, -0.2) is 48.6 Å². The molecule has 1 saturated heterocycles. The van der Waals surface area contributed by atoms with Gasteiger partial charge in [0, 0.05) is 31.0 Å². The summed E-state index contributed by atoms with van der Waals surface area (Å²) in [5, 5.41) is 4.38. The molecule has 30 heavy (non-hydrogen) atoms. The van der Waals surface area contributed by atoms with Crippen LogP contribution in [0.25, 0.3) is 33.9 Å². The quantitative estimate of drug-likeness (QED) is 0.557. The van der Waals surface area contributed by atoms with E-state index in [1.165, 1.54) is 0 Å². The fourth-order valence-electron chi connectivity index (χ4n) is 3.76. The first kappa shape index (κ1) is 18.3. The minimum Gasteiger partial charge on any atom is -0.341 e. The molecule has 1 amide bonds. The highest BCUT2D eigenvalue weighted by Crippen LogP contribution is 2.25. The van der Waals surface area contributed by atoms with Crippen molar-refractivity contribution in [3.63, 3.8) is 0 Å². The molecule has 7 heteroatoms. The van der Waals surface area contributed by atoms with Crippen LogP contribution in [0.3, 0.4) is 0 Å². The number of rotatable bonds is 5. The van der Waals surface area contributed by atoms with Gasteiger partial charge in [0.2, 0.25) is 5.91 Å². The maximum atomic E-state index is 12.4. The molecular formula is C23H22N6O. The van der Waals surface area contributed by atoms with Crippen molar-refractivity contribution in [2.24, 2.45) is 0 Å². The third-order valence-corrected chi connectivity index (χ3v) is 5.39. The van der Waals surface area contributed by atoms with E-state index in [-0.39, 0.29) is 12.5 Å². The van der Waals surface area contributed by atoms with Gasteiger partial charge in [-0.2, -0.15) is 5.10 Å². The van der Waals surface area contributed by atoms with Gasteiger partial charge in [-0.15, -0.1) is 0 Å². The van der Waals surface area contributed by atoms with Gasteiger partial charge in [-0.25, -0.2) is 4.98 Å². The van der Waals surface area contributed by atoms with E-state index in [0.29, 0.717) is 5.82 Å². The third-order valence-electron chi connectivity index (χ3n) is 5.39. The number of likely N-dealkylation sites (tertiary alicyclic amines) is 1. The standard InChI is InChI=1S/C23H22N6O/c30-22(28-10-4-5-11-28)16-29-15-19(13-26-29)18-8-9-24-20(12-18)23-25-14-21(27-23)17-6-2-1-3-7-17/h1-3,6-9,12-15H,4-5,10-11,16H2,(H,25,27). The van der Waals surface area contributed by atoms with Crippen LogP contribution in [0, 0.1) is 0 Å². The predicted molar refractivity (Wildman–Crippen MR) is 114 cm³/mol. The van der Waals surface area contributed by atoms with Crippen molar-refractivity contribution in [2.45, 2.75) is 19.4 Å². The number of H-pyrrole nitrogens is 1. The van der Waals surface area contributed by atoms with Gasteiger partial charge in [-0.1, -0.05) is 30.3 Å². The van der Waals surface area contributed by atoms with Gasteiger partial charge in [0.25, 0.3) is 0 Å². The molecule has 0 atom stereocenters. The highest BCUT2D eigenvalue weighted by atomic mass is 16.2. The molecule has 1 N–H and O–H groups in total. The van der Waals surface area contributed by atoms with Gasteiger partial charge in [0.05, 0.1) is 18.1 Å². The van der Waals surface area contributed by atoms with Crippen LogP contribution in [0.4, 0.5) is 0 Å². The first-order valence-electron chi connectivity index (χ1n) is 10.1. The molecule has 7 nitrogen and oxygen atoms in total. The number of pyridine rings is 1. The number of aromatic amines is 1. The molecule has 1 fully saturated rings. The number of benzene rings is 1. The smallest absolute Gasteiger partial charge is 0.244 e. The van der Waals surface area contributed by atoms with Gasteiger partial charge in [0.1, 0.15) is 12.2 Å². The molecule has 3 aromatic heterocycles. The number of aromatic nitrogens is 5. The van der Waals surface area contributed by atoms with E-state index in [1.807, 2.05) is 59.8 Å². The first-order valence-corrected chi connectivity index (χ1v) is 10.1. The van der Waals surface area contributed by atoms with E-state index in [9.17, 15) is 4.79 Å². The average Bonchev–Trinajstić information content (AvgIpc) is 3.56. The summed E-state index contributed by atoms with van der Waals surface area (Å²) in [5.74, 6) is 0.842. The Hall–Kier alpha value is -3.74. The van der Waals surface area contributed by atoms with Gasteiger partial charge in [-0.3, -0.25) is 14.5 Å². The molecule has 1 aliphatic rings. The normalized spacial score (nSPS) is 13.7. The Bertz CT molecular complexity index is 1160. The number of nitrogens with zero attached hydrogens (tertiary/aromatic N) is 5. The number of hydrogen-bond acceptors (Lipinski definition) is 4. The molecular weight excluding hydrogens is 376 g/mol. The van der Waals surface area contributed by atoms with Crippen molar-refractivity contribution in [3.05, 3.63) is 67.3 Å². The van der Waals surface area contributed by atoms with Crippen molar-refractivity contribution >= 4 is 5.91 Å². The monoisotopic (exact) mass is 398 g/mol. The van der Waals surface area contributed by atoms with Crippen LogP contribution in [0.1, 0.15) is 12.8 Å². The largest absolute Gasteiger partial charge is 0.341 e. The molecule has 0 radical (unpaired) electrons. The fourth-order valence-corrected chi connectivity index (χ4v) is 3.76. The minimum atomic E-state index is 0.126. The van der Waals surface area contributed by atoms with Gasteiger partial charge >= 0.3 is 0 Å². The summed E-state index contributed by atoms with van der Waals surface area (Å²) in [7, 11) is 0. The Balaban J connectivity index is 1.35. The second-order valence-electron chi connectivity index (χ2n) is 7.46. The topological polar surface area (TPSA) is 79.7 Å². The molecule has 150 valence electrons. The lowest BCUT2D eigenvalue weighted by molar-refractivity contribution is -0.130. The van der Waals surface area contributed by atoms with E-state index in [2.05, 4.69) is 20.1 Å². The van der Waals surface area contributed by atoms with E-state index in [0.717, 1.165) is 54.0 Å². The Morgan fingerprint density at radius 2 is 1.80 bits per heavy atom. The summed E-state index contributed by atoms with van der Waals surface area (Å²) in [6, 6.07) is 14.0. The fraction of sp³-hybridized carbons (Fsp3) is 0.217. The Morgan fingerprint density at radius 3 is 2.63 bits per heavy atom. The molecule has 0 bridgehead atoms. The first-order chi connectivity index (χ1) is 14.8. The summed E-state index contributed by atoms with van der Waals surface area (Å²) >= 11 is 0. The van der Waals surface area contributed by atoms with E-state index >= 15 is 0 Å². The molecule has 4 heterocycles. The molecule has 1 aliphatic heterocycles. The molecule has 0 aliphatic carbocycles. The summed E-state index contributed by atoms with van der Waals surface area (Å²) < 4.78 is 1.70. The molecule has 0 spiro atoms. The Morgan fingerprint density at radius 1 is 0.967 bits per heavy atom. The van der Waals surface area contributed by atoms with Gasteiger partial charge in [0.15, 0.2) is 5.82 Å². The SMILES string of the molecule is O=C(Cn1cc(-c2ccnc(-c3ncc(-c4ccccc4)[nH]3)c2)cn1)N1CCCC1. The number of nitrogens with one attached hydrogen (secondary N) is 1. The van der Waals surface area contributed by atoms with Crippen molar-refractivity contribution in [1.29, 1.82) is 0 Å². The molecule has 0 saturated carbocycles. The van der Waals surface area contributed by atoms with Gasteiger partial charge in [-0.05, 0) is 36.1 Å². The number of carbonyl (C=O) groups excluding carboxylic acids is 1. The predicted octanol–water partition coefficient (Wildman–Crippen LogP) is 3.62. The zero-order valence-electron chi connectivity index (χ0n) is 16.5. The molecule has 5 rings (SSSR count).